The van der Waals surface area contributed by atoms with Crippen LogP contribution in [-0.2, 0) is 39.6 Å². The Morgan fingerprint density at radius 3 is 1.61 bits per heavy atom. The van der Waals surface area contributed by atoms with E-state index in [9.17, 15) is 0 Å². The zero-order valence-corrected chi connectivity index (χ0v) is 17.5. The zero-order valence-electron chi connectivity index (χ0n) is 15.1. The molecule has 6 heterocycles. The molecular weight excluding hydrogens is 528 g/mol. The topological polar surface area (TPSA) is 45.5 Å². The normalized spacial score (nSPS) is 13.0. The molecule has 8 bridgehead atoms. The Kier molecular flexibility index (Phi) is 4.07. The van der Waals surface area contributed by atoms with Crippen LogP contribution in [0.4, 0.5) is 0 Å². The number of aromatic nitrogens is 6. The summed E-state index contributed by atoms with van der Waals surface area (Å²) >= 11 is 0. The van der Waals surface area contributed by atoms with E-state index in [0.29, 0.717) is 0 Å². The van der Waals surface area contributed by atoms with Gasteiger partial charge in [-0.05, 0) is 36.9 Å². The van der Waals surface area contributed by atoms with E-state index in [2.05, 4.69) is 92.1 Å². The second-order valence-corrected chi connectivity index (χ2v) is 7.12. The molecular formula is C21H18IrN6-2. The molecule has 0 saturated heterocycles. The minimum atomic E-state index is 0. The van der Waals surface area contributed by atoms with Crippen LogP contribution < -0.4 is 0 Å². The van der Waals surface area contributed by atoms with Gasteiger partial charge in [-0.25, -0.2) is 0 Å². The second-order valence-electron chi connectivity index (χ2n) is 7.12. The van der Waals surface area contributed by atoms with Crippen LogP contribution in [0.15, 0.2) is 73.6 Å². The Hall–Kier alpha value is -2.89. The minimum Gasteiger partial charge on any atom is -0.447 e. The molecule has 0 atom stereocenters. The predicted molar refractivity (Wildman–Crippen MR) is 102 cm³/mol. The molecule has 4 aliphatic rings. The van der Waals surface area contributed by atoms with E-state index < -0.39 is 0 Å². The molecule has 1 radical (unpaired) electrons. The molecule has 0 amide bonds. The molecule has 0 unspecified atom stereocenters. The SMILES string of the molecule is [Ir].c1cc2nc(c1)Cn1cc3ccc4cn([cH-]n-4n-3[cH-]1)Cc1cccc(n1)C2. The van der Waals surface area contributed by atoms with Crippen molar-refractivity contribution in [3.05, 3.63) is 96.4 Å². The molecule has 7 heteroatoms. The molecule has 6 rings (SSSR count). The first-order valence-electron chi connectivity index (χ1n) is 9.11. The van der Waals surface area contributed by atoms with Crippen LogP contribution in [-0.4, -0.2) is 28.5 Å². The summed E-state index contributed by atoms with van der Waals surface area (Å²) in [5.41, 5.74) is 6.50. The molecule has 28 heavy (non-hydrogen) atoms. The maximum Gasteiger partial charge on any atom is 0.0584 e. The summed E-state index contributed by atoms with van der Waals surface area (Å²) in [6, 6.07) is 16.8. The third-order valence-electron chi connectivity index (χ3n) is 5.08. The molecule has 0 fully saturated rings. The summed E-state index contributed by atoms with van der Waals surface area (Å²) in [5, 5.41) is 0. The fraction of sp³-hybridized carbons (Fsp3) is 0.143. The number of imidazole rings is 2. The summed E-state index contributed by atoms with van der Waals surface area (Å²) in [5.74, 6) is 0. The third kappa shape index (κ3) is 2.93. The van der Waals surface area contributed by atoms with Gasteiger partial charge in [0, 0.05) is 51.0 Å². The van der Waals surface area contributed by atoms with Crippen molar-refractivity contribution in [1.29, 1.82) is 0 Å². The van der Waals surface area contributed by atoms with Crippen LogP contribution in [0.2, 0.25) is 0 Å². The minimum absolute atomic E-state index is 0. The molecule has 2 aromatic rings. The third-order valence-corrected chi connectivity index (χ3v) is 5.08. The van der Waals surface area contributed by atoms with Crippen molar-refractivity contribution in [1.82, 2.24) is 28.5 Å². The van der Waals surface area contributed by atoms with Gasteiger partial charge in [0.25, 0.3) is 0 Å². The van der Waals surface area contributed by atoms with Gasteiger partial charge >= 0.3 is 0 Å². The maximum absolute atomic E-state index is 4.85. The van der Waals surface area contributed by atoms with Crippen molar-refractivity contribution in [2.24, 2.45) is 0 Å². The van der Waals surface area contributed by atoms with Crippen molar-refractivity contribution in [3.8, 4) is 11.4 Å². The van der Waals surface area contributed by atoms with Gasteiger partial charge in [0.15, 0.2) is 0 Å². The summed E-state index contributed by atoms with van der Waals surface area (Å²) in [7, 11) is 0. The Labute approximate surface area is 175 Å². The monoisotopic (exact) mass is 547 g/mol. The first-order valence-corrected chi connectivity index (χ1v) is 9.11. The Morgan fingerprint density at radius 1 is 0.643 bits per heavy atom. The van der Waals surface area contributed by atoms with Gasteiger partial charge < -0.3 is 18.5 Å². The van der Waals surface area contributed by atoms with Gasteiger partial charge in [-0.1, -0.05) is 23.5 Å². The quantitative estimate of drug-likeness (QED) is 0.275. The van der Waals surface area contributed by atoms with Crippen LogP contribution in [0, 0.1) is 0 Å². The molecule has 6 nitrogen and oxygen atoms in total. The zero-order chi connectivity index (χ0) is 17.8. The Morgan fingerprint density at radius 2 is 1.11 bits per heavy atom. The molecule has 0 saturated carbocycles. The molecule has 0 N–H and O–H groups in total. The van der Waals surface area contributed by atoms with E-state index in [1.807, 2.05) is 0 Å². The van der Waals surface area contributed by atoms with Crippen LogP contribution in [0.1, 0.15) is 22.8 Å². The fourth-order valence-electron chi connectivity index (χ4n) is 3.87. The van der Waals surface area contributed by atoms with E-state index >= 15 is 0 Å². The smallest absolute Gasteiger partial charge is 0.0584 e. The molecule has 0 spiro atoms. The van der Waals surface area contributed by atoms with Crippen LogP contribution in [0.25, 0.3) is 11.4 Å². The summed E-state index contributed by atoms with van der Waals surface area (Å²) in [6.45, 7) is 1.48. The fourth-order valence-corrected chi connectivity index (χ4v) is 3.87. The van der Waals surface area contributed by atoms with Crippen LogP contribution >= 0.6 is 0 Å². The van der Waals surface area contributed by atoms with E-state index in [1.54, 1.807) is 0 Å². The standard InChI is InChI=1S/C21H18N6.Ir/c1-3-16-9-17-4-2-6-19(23-17)11-25-13-21-8-7-20-12-24(10-18(5-1)22-16)14-26(20)27(21)15-25;/h1-8,12-15H,9-11H2;/q-2;. The summed E-state index contributed by atoms with van der Waals surface area (Å²) in [4.78, 5) is 9.70. The van der Waals surface area contributed by atoms with Crippen molar-refractivity contribution in [3.63, 3.8) is 0 Å². The molecule has 143 valence electrons. The molecule has 0 aliphatic carbocycles. The number of fused-ring (bicyclic) bond motifs is 6. The Balaban J connectivity index is 0.00000171. The molecule has 0 aromatic carbocycles. The average Bonchev–Trinajstić information content (AvgIpc) is 3.24. The van der Waals surface area contributed by atoms with E-state index in [0.717, 1.165) is 53.7 Å². The number of rotatable bonds is 0. The second kappa shape index (κ2) is 6.62. The molecule has 2 aromatic heterocycles. The van der Waals surface area contributed by atoms with E-state index in [4.69, 9.17) is 9.97 Å². The van der Waals surface area contributed by atoms with Gasteiger partial charge in [-0.2, -0.15) is 0 Å². The summed E-state index contributed by atoms with van der Waals surface area (Å²) < 4.78 is 8.70. The van der Waals surface area contributed by atoms with Crippen molar-refractivity contribution in [2.75, 3.05) is 0 Å². The molecule has 4 aliphatic heterocycles. The van der Waals surface area contributed by atoms with Crippen LogP contribution in [0.3, 0.4) is 0 Å². The van der Waals surface area contributed by atoms with Gasteiger partial charge in [-0.3, -0.25) is 9.97 Å². The first-order chi connectivity index (χ1) is 13.3. The predicted octanol–water partition coefficient (Wildman–Crippen LogP) is 3.10. The maximum atomic E-state index is 4.85. The van der Waals surface area contributed by atoms with E-state index in [-0.39, 0.29) is 20.1 Å². The van der Waals surface area contributed by atoms with E-state index in [1.165, 1.54) is 0 Å². The summed E-state index contributed by atoms with van der Waals surface area (Å²) in [6.07, 6.45) is 9.32. The Bertz CT molecular complexity index is 1130. The van der Waals surface area contributed by atoms with Gasteiger partial charge in [0.1, 0.15) is 0 Å². The van der Waals surface area contributed by atoms with Gasteiger partial charge in [0.05, 0.1) is 11.4 Å². The van der Waals surface area contributed by atoms with Crippen molar-refractivity contribution in [2.45, 2.75) is 19.5 Å². The number of nitrogens with zero attached hydrogens (tertiary/aromatic N) is 6. The average molecular weight is 547 g/mol. The van der Waals surface area contributed by atoms with Gasteiger partial charge in [0.2, 0.25) is 0 Å². The first kappa shape index (κ1) is 17.2. The van der Waals surface area contributed by atoms with Crippen molar-refractivity contribution >= 4 is 0 Å². The largest absolute Gasteiger partial charge is 0.447 e. The number of hydrogen-bond acceptors (Lipinski definition) is 2. The number of pyridine rings is 2. The van der Waals surface area contributed by atoms with Gasteiger partial charge in [-0.15, -0.1) is 24.5 Å². The number of hydrogen-bond donors (Lipinski definition) is 0. The van der Waals surface area contributed by atoms with Crippen molar-refractivity contribution < 1.29 is 20.1 Å². The van der Waals surface area contributed by atoms with Crippen LogP contribution in [0.5, 0.6) is 0 Å².